The zero-order chi connectivity index (χ0) is 14.3. The molecule has 0 saturated carbocycles. The van der Waals surface area contributed by atoms with E-state index in [9.17, 15) is 9.90 Å². The lowest BCUT2D eigenvalue weighted by Crippen LogP contribution is -2.35. The summed E-state index contributed by atoms with van der Waals surface area (Å²) in [4.78, 5) is 13.3. The first-order chi connectivity index (χ1) is 9.04. The van der Waals surface area contributed by atoms with Gasteiger partial charge in [-0.15, -0.1) is 0 Å². The molecule has 1 rings (SSSR count). The summed E-state index contributed by atoms with van der Waals surface area (Å²) in [5, 5.41) is 9.55. The molecule has 0 spiro atoms. The number of carbonyl (C=O) groups excluding carboxylic acids is 1. The fraction of sp³-hybridized carbons (Fsp3) is 0.357. The second kappa shape index (κ2) is 8.09. The zero-order valence-corrected chi connectivity index (χ0v) is 12.6. The highest BCUT2D eigenvalue weighted by atomic mass is 79.9. The first kappa shape index (κ1) is 15.9. The van der Waals surface area contributed by atoms with Crippen molar-refractivity contribution in [1.82, 2.24) is 4.90 Å². The molecule has 1 amide bonds. The number of aliphatic hydroxyl groups excluding tert-OH is 1. The number of nitrogens with zero attached hydrogens (tertiary/aromatic N) is 1. The molecule has 104 valence electrons. The maximum Gasteiger partial charge on any atom is 0.246 e. The summed E-state index contributed by atoms with van der Waals surface area (Å²) in [6.07, 6.45) is 2.56. The third-order valence-corrected chi connectivity index (χ3v) is 3.25. The molecule has 0 saturated heterocycles. The van der Waals surface area contributed by atoms with Crippen LogP contribution in [0.4, 0.5) is 0 Å². The van der Waals surface area contributed by atoms with E-state index in [1.165, 1.54) is 18.1 Å². The van der Waals surface area contributed by atoms with Gasteiger partial charge in [-0.3, -0.25) is 4.79 Å². The number of benzene rings is 1. The summed E-state index contributed by atoms with van der Waals surface area (Å²) in [6.45, 7) is 0.457. The number of aliphatic hydroxyl groups is 1. The molecular weight excluding hydrogens is 310 g/mol. The van der Waals surface area contributed by atoms with Gasteiger partial charge in [0.25, 0.3) is 0 Å². The summed E-state index contributed by atoms with van der Waals surface area (Å²) < 4.78 is 5.75. The summed E-state index contributed by atoms with van der Waals surface area (Å²) in [5.41, 5.74) is 0.932. The molecule has 0 heterocycles. The number of carbonyl (C=O) groups is 1. The van der Waals surface area contributed by atoms with Crippen LogP contribution in [0.15, 0.2) is 34.8 Å². The molecule has 0 fully saturated rings. The van der Waals surface area contributed by atoms with Crippen LogP contribution in [0.1, 0.15) is 5.56 Å². The Kier molecular flexibility index (Phi) is 6.77. The maximum absolute atomic E-state index is 11.8. The summed E-state index contributed by atoms with van der Waals surface area (Å²) in [7, 11) is 3.16. The smallest absolute Gasteiger partial charge is 0.246 e. The molecule has 0 aliphatic rings. The number of methoxy groups -OCH3 is 1. The van der Waals surface area contributed by atoms with Gasteiger partial charge in [0.15, 0.2) is 0 Å². The highest BCUT2D eigenvalue weighted by Gasteiger charge is 2.11. The molecule has 0 aromatic heterocycles. The predicted molar refractivity (Wildman–Crippen MR) is 78.7 cm³/mol. The molecule has 0 aliphatic carbocycles. The van der Waals surface area contributed by atoms with Crippen molar-refractivity contribution in [2.45, 2.75) is 6.10 Å². The van der Waals surface area contributed by atoms with Crippen LogP contribution in [-0.2, 0) is 9.53 Å². The van der Waals surface area contributed by atoms with Crippen molar-refractivity contribution in [1.29, 1.82) is 0 Å². The van der Waals surface area contributed by atoms with Crippen LogP contribution in [0.2, 0.25) is 0 Å². The van der Waals surface area contributed by atoms with E-state index in [4.69, 9.17) is 4.74 Å². The molecule has 0 radical (unpaired) electrons. The van der Waals surface area contributed by atoms with E-state index in [0.717, 1.165) is 10.0 Å². The minimum atomic E-state index is -0.671. The number of rotatable bonds is 6. The quantitative estimate of drug-likeness (QED) is 0.812. The van der Waals surface area contributed by atoms with Crippen LogP contribution in [-0.4, -0.2) is 49.3 Å². The van der Waals surface area contributed by atoms with Crippen LogP contribution in [0, 0.1) is 0 Å². The first-order valence-corrected chi connectivity index (χ1v) is 6.68. The second-order valence-corrected chi connectivity index (χ2v) is 5.04. The van der Waals surface area contributed by atoms with Gasteiger partial charge in [0.05, 0.1) is 12.7 Å². The van der Waals surface area contributed by atoms with Crippen LogP contribution in [0.5, 0.6) is 0 Å². The Morgan fingerprint density at radius 1 is 1.53 bits per heavy atom. The molecule has 1 unspecified atom stereocenters. The first-order valence-electron chi connectivity index (χ1n) is 5.89. The van der Waals surface area contributed by atoms with E-state index in [2.05, 4.69) is 15.9 Å². The van der Waals surface area contributed by atoms with Gasteiger partial charge in [-0.25, -0.2) is 0 Å². The topological polar surface area (TPSA) is 49.8 Å². The average Bonchev–Trinajstić information content (AvgIpc) is 2.37. The molecule has 1 aromatic carbocycles. The summed E-state index contributed by atoms with van der Waals surface area (Å²) in [5.74, 6) is -0.161. The van der Waals surface area contributed by atoms with E-state index >= 15 is 0 Å². The normalized spacial score (nSPS) is 12.6. The van der Waals surface area contributed by atoms with Crippen molar-refractivity contribution < 1.29 is 14.6 Å². The highest BCUT2D eigenvalue weighted by molar-refractivity contribution is 9.10. The van der Waals surface area contributed by atoms with Crippen LogP contribution < -0.4 is 0 Å². The molecule has 5 heteroatoms. The number of ether oxygens (including phenoxy) is 1. The fourth-order valence-corrected chi connectivity index (χ4v) is 1.97. The van der Waals surface area contributed by atoms with Crippen molar-refractivity contribution in [2.24, 2.45) is 0 Å². The lowest BCUT2D eigenvalue weighted by molar-refractivity contribution is -0.126. The molecule has 4 nitrogen and oxygen atoms in total. The zero-order valence-electron chi connectivity index (χ0n) is 11.0. The van der Waals surface area contributed by atoms with E-state index in [1.54, 1.807) is 13.1 Å². The van der Waals surface area contributed by atoms with Gasteiger partial charge < -0.3 is 14.7 Å². The van der Waals surface area contributed by atoms with Crippen LogP contribution in [0.3, 0.4) is 0 Å². The minimum absolute atomic E-state index is 0.161. The van der Waals surface area contributed by atoms with Gasteiger partial charge in [0, 0.05) is 31.3 Å². The second-order valence-electron chi connectivity index (χ2n) is 4.18. The Morgan fingerprint density at radius 3 is 2.84 bits per heavy atom. The van der Waals surface area contributed by atoms with Crippen molar-refractivity contribution >= 4 is 27.9 Å². The number of likely N-dealkylation sites (N-methyl/N-ethyl adjacent to an activating group) is 1. The van der Waals surface area contributed by atoms with E-state index in [-0.39, 0.29) is 19.1 Å². The SMILES string of the molecule is COCC(O)CN(C)C(=O)C=Cc1ccccc1Br. The Balaban J connectivity index is 2.57. The third kappa shape index (κ3) is 5.55. The molecule has 1 atom stereocenters. The number of hydrogen-bond donors (Lipinski definition) is 1. The van der Waals surface area contributed by atoms with Gasteiger partial charge in [-0.05, 0) is 17.7 Å². The lowest BCUT2D eigenvalue weighted by atomic mass is 10.2. The number of amides is 1. The van der Waals surface area contributed by atoms with Crippen molar-refractivity contribution in [2.75, 3.05) is 27.3 Å². The van der Waals surface area contributed by atoms with Gasteiger partial charge in [-0.1, -0.05) is 34.1 Å². The Morgan fingerprint density at radius 2 is 2.21 bits per heavy atom. The maximum atomic E-state index is 11.8. The van der Waals surface area contributed by atoms with Crippen molar-refractivity contribution in [3.8, 4) is 0 Å². The Bertz CT molecular complexity index is 448. The number of halogens is 1. The molecule has 1 N–H and O–H groups in total. The average molecular weight is 328 g/mol. The molecule has 19 heavy (non-hydrogen) atoms. The Labute approximate surface area is 121 Å². The minimum Gasteiger partial charge on any atom is -0.389 e. The highest BCUT2D eigenvalue weighted by Crippen LogP contribution is 2.17. The number of hydrogen-bond acceptors (Lipinski definition) is 3. The molecule has 0 bridgehead atoms. The van der Waals surface area contributed by atoms with Crippen LogP contribution >= 0.6 is 15.9 Å². The molecular formula is C14H18BrNO3. The van der Waals surface area contributed by atoms with Gasteiger partial charge >= 0.3 is 0 Å². The van der Waals surface area contributed by atoms with Gasteiger partial charge in [0.1, 0.15) is 0 Å². The van der Waals surface area contributed by atoms with E-state index < -0.39 is 6.10 Å². The summed E-state index contributed by atoms with van der Waals surface area (Å²) in [6, 6.07) is 7.64. The van der Waals surface area contributed by atoms with Crippen LogP contribution in [0.25, 0.3) is 6.08 Å². The monoisotopic (exact) mass is 327 g/mol. The Hall–Kier alpha value is -1.17. The fourth-order valence-electron chi connectivity index (χ4n) is 1.55. The molecule has 1 aromatic rings. The van der Waals surface area contributed by atoms with E-state index in [1.807, 2.05) is 24.3 Å². The third-order valence-electron chi connectivity index (χ3n) is 2.53. The predicted octanol–water partition coefficient (Wildman–Crippen LogP) is 1.93. The lowest BCUT2D eigenvalue weighted by Gasteiger charge is -2.18. The van der Waals surface area contributed by atoms with Gasteiger partial charge in [0.2, 0.25) is 5.91 Å². The largest absolute Gasteiger partial charge is 0.389 e. The van der Waals surface area contributed by atoms with Gasteiger partial charge in [-0.2, -0.15) is 0 Å². The van der Waals surface area contributed by atoms with Crippen molar-refractivity contribution in [3.63, 3.8) is 0 Å². The van der Waals surface area contributed by atoms with E-state index in [0.29, 0.717) is 0 Å². The standard InChI is InChI=1S/C14H18BrNO3/c1-16(9-12(17)10-19-2)14(18)8-7-11-5-3-4-6-13(11)15/h3-8,12,17H,9-10H2,1-2H3. The summed E-state index contributed by atoms with van der Waals surface area (Å²) >= 11 is 3.41. The van der Waals surface area contributed by atoms with Crippen molar-refractivity contribution in [3.05, 3.63) is 40.4 Å². The molecule has 0 aliphatic heterocycles.